The van der Waals surface area contributed by atoms with Gasteiger partial charge in [0.15, 0.2) is 0 Å². The van der Waals surface area contributed by atoms with Crippen LogP contribution >= 0.6 is 23.6 Å². The molecule has 9 heteroatoms. The molecule has 0 fully saturated rings. The van der Waals surface area contributed by atoms with Crippen LogP contribution in [0.1, 0.15) is 17.7 Å². The van der Waals surface area contributed by atoms with E-state index in [1.165, 1.54) is 11.3 Å². The van der Waals surface area contributed by atoms with Crippen molar-refractivity contribution in [1.82, 2.24) is 0 Å². The molecule has 0 aliphatic carbocycles. The van der Waals surface area contributed by atoms with E-state index in [9.17, 15) is 20.5 Å². The molecule has 112 valence electrons. The number of thiocarbonyl (C=S) groups is 1. The van der Waals surface area contributed by atoms with Gasteiger partial charge in [0, 0.05) is 4.88 Å². The highest BCUT2D eigenvalue weighted by Crippen LogP contribution is 2.36. The first kappa shape index (κ1) is 16.9. The fourth-order valence-electron chi connectivity index (χ4n) is 1.76. The van der Waals surface area contributed by atoms with Crippen molar-refractivity contribution in [2.24, 2.45) is 11.7 Å². The van der Waals surface area contributed by atoms with E-state index in [0.717, 1.165) is 0 Å². The summed E-state index contributed by atoms with van der Waals surface area (Å²) in [6, 6.07) is 5.15. The zero-order valence-electron chi connectivity index (χ0n) is 11.1. The van der Waals surface area contributed by atoms with E-state index in [-0.39, 0.29) is 11.6 Å². The van der Waals surface area contributed by atoms with E-state index in [2.05, 4.69) is 0 Å². The summed E-state index contributed by atoms with van der Waals surface area (Å²) in [7, 11) is 0. The van der Waals surface area contributed by atoms with Crippen molar-refractivity contribution in [1.29, 1.82) is 5.26 Å². The Morgan fingerprint density at radius 1 is 1.76 bits per heavy atom. The van der Waals surface area contributed by atoms with Crippen molar-refractivity contribution in [3.63, 3.8) is 0 Å². The van der Waals surface area contributed by atoms with Gasteiger partial charge in [-0.3, -0.25) is 10.1 Å². The summed E-state index contributed by atoms with van der Waals surface area (Å²) < 4.78 is 4.82. The van der Waals surface area contributed by atoms with Crippen LogP contribution in [0.5, 0.6) is 0 Å². The predicted molar refractivity (Wildman–Crippen MR) is 81.2 cm³/mol. The number of aliphatic hydroxyl groups excluding tert-OH is 1. The lowest BCUT2D eigenvalue weighted by molar-refractivity contribution is -0.436. The standard InChI is InChI=1S/C12H13N3O4S2/c1-2-19-12(16)10(15(17)18)9(7(6-13)11(14)20)8-4-3-5-21-8/h3-5,7,9,16H,2H2,1H3,(H2,14,20)/b12-10-. The second kappa shape index (κ2) is 7.56. The highest BCUT2D eigenvalue weighted by Gasteiger charge is 2.41. The molecular weight excluding hydrogens is 314 g/mol. The van der Waals surface area contributed by atoms with Gasteiger partial charge in [0.1, 0.15) is 11.8 Å². The maximum absolute atomic E-state index is 11.3. The van der Waals surface area contributed by atoms with Crippen LogP contribution in [0, 0.1) is 27.4 Å². The molecular formula is C12H13N3O4S2. The van der Waals surface area contributed by atoms with Crippen molar-refractivity contribution in [2.45, 2.75) is 12.8 Å². The molecule has 7 nitrogen and oxygen atoms in total. The second-order valence-electron chi connectivity index (χ2n) is 3.88. The molecule has 21 heavy (non-hydrogen) atoms. The molecule has 1 aromatic heterocycles. The lowest BCUT2D eigenvalue weighted by Crippen LogP contribution is -2.29. The van der Waals surface area contributed by atoms with Crippen LogP contribution in [0.3, 0.4) is 0 Å². The Morgan fingerprint density at radius 3 is 2.81 bits per heavy atom. The highest BCUT2D eigenvalue weighted by atomic mass is 32.1. The van der Waals surface area contributed by atoms with Gasteiger partial charge in [-0.15, -0.1) is 11.3 Å². The summed E-state index contributed by atoms with van der Waals surface area (Å²) in [5, 5.41) is 32.0. The van der Waals surface area contributed by atoms with Crippen molar-refractivity contribution < 1.29 is 14.8 Å². The Bertz CT molecular complexity index is 592. The molecule has 2 atom stereocenters. The number of nitrogens with two attached hydrogens (primary N) is 1. The number of aliphatic hydroxyl groups is 1. The minimum Gasteiger partial charge on any atom is -0.476 e. The maximum atomic E-state index is 11.3. The lowest BCUT2D eigenvalue weighted by atomic mass is 9.89. The average molecular weight is 327 g/mol. The van der Waals surface area contributed by atoms with E-state index >= 15 is 0 Å². The topological polar surface area (TPSA) is 122 Å². The molecule has 0 aliphatic rings. The second-order valence-corrected chi connectivity index (χ2v) is 5.33. The molecule has 0 aromatic carbocycles. The third kappa shape index (κ3) is 3.90. The Hall–Kier alpha value is -2.18. The minimum atomic E-state index is -1.12. The predicted octanol–water partition coefficient (Wildman–Crippen LogP) is 2.30. The smallest absolute Gasteiger partial charge is 0.354 e. The summed E-state index contributed by atoms with van der Waals surface area (Å²) in [5.41, 5.74) is 4.89. The summed E-state index contributed by atoms with van der Waals surface area (Å²) in [6.45, 7) is 1.62. The van der Waals surface area contributed by atoms with Gasteiger partial charge in [-0.25, -0.2) is 0 Å². The van der Waals surface area contributed by atoms with Gasteiger partial charge in [0.25, 0.3) is 0 Å². The van der Waals surface area contributed by atoms with Crippen molar-refractivity contribution in [3.8, 4) is 6.07 Å². The third-order valence-electron chi connectivity index (χ3n) is 2.62. The van der Waals surface area contributed by atoms with Crippen LogP contribution in [0.4, 0.5) is 0 Å². The Kier molecular flexibility index (Phi) is 6.08. The molecule has 1 heterocycles. The van der Waals surface area contributed by atoms with Gasteiger partial charge in [-0.2, -0.15) is 5.26 Å². The highest BCUT2D eigenvalue weighted by molar-refractivity contribution is 7.80. The van der Waals surface area contributed by atoms with Gasteiger partial charge in [0.2, 0.25) is 0 Å². The molecule has 0 bridgehead atoms. The molecule has 0 spiro atoms. The van der Waals surface area contributed by atoms with Gasteiger partial charge in [0.05, 0.1) is 22.6 Å². The van der Waals surface area contributed by atoms with Crippen LogP contribution in [-0.2, 0) is 4.74 Å². The average Bonchev–Trinajstić information content (AvgIpc) is 2.91. The first-order valence-corrected chi connectivity index (χ1v) is 7.15. The quantitative estimate of drug-likeness (QED) is 0.341. The molecule has 0 amide bonds. The summed E-state index contributed by atoms with van der Waals surface area (Å²) >= 11 is 6.02. The lowest BCUT2D eigenvalue weighted by Gasteiger charge is -2.18. The van der Waals surface area contributed by atoms with Gasteiger partial charge >= 0.3 is 11.6 Å². The third-order valence-corrected chi connectivity index (χ3v) is 3.83. The van der Waals surface area contributed by atoms with E-state index in [4.69, 9.17) is 22.7 Å². The number of nitriles is 1. The molecule has 1 aromatic rings. The van der Waals surface area contributed by atoms with Gasteiger partial charge < -0.3 is 15.6 Å². The number of rotatable bonds is 7. The van der Waals surface area contributed by atoms with E-state index in [1.54, 1.807) is 24.4 Å². The normalized spacial score (nSPS) is 14.5. The van der Waals surface area contributed by atoms with Crippen LogP contribution < -0.4 is 5.73 Å². The monoisotopic (exact) mass is 327 g/mol. The molecule has 0 saturated carbocycles. The number of nitrogens with zero attached hydrogens (tertiary/aromatic N) is 2. The molecule has 0 saturated heterocycles. The number of ether oxygens (including phenoxy) is 1. The first-order valence-electron chi connectivity index (χ1n) is 5.86. The molecule has 0 radical (unpaired) electrons. The Labute approximate surface area is 130 Å². The molecule has 3 N–H and O–H groups in total. The van der Waals surface area contributed by atoms with Gasteiger partial charge in [-0.05, 0) is 18.4 Å². The molecule has 0 aliphatic heterocycles. The maximum Gasteiger partial charge on any atom is 0.354 e. The molecule has 2 unspecified atom stereocenters. The van der Waals surface area contributed by atoms with Crippen molar-refractivity contribution in [3.05, 3.63) is 44.1 Å². The SMILES string of the molecule is CCO/C(O)=C(/C(c1cccs1)C(C#N)C(N)=S)[N+](=O)[O-]. The number of thiophene rings is 1. The Balaban J connectivity index is 3.48. The first-order chi connectivity index (χ1) is 9.93. The Morgan fingerprint density at radius 2 is 2.43 bits per heavy atom. The molecule has 1 rings (SSSR count). The number of hydrogen-bond acceptors (Lipinski definition) is 7. The number of nitro groups is 1. The number of allylic oxidation sites excluding steroid dienone is 1. The van der Waals surface area contributed by atoms with Gasteiger partial charge in [-0.1, -0.05) is 18.3 Å². The summed E-state index contributed by atoms with van der Waals surface area (Å²) in [6.07, 6.45) is 0. The van der Waals surface area contributed by atoms with Crippen LogP contribution in [0.2, 0.25) is 0 Å². The van der Waals surface area contributed by atoms with Crippen LogP contribution in [0.15, 0.2) is 29.2 Å². The summed E-state index contributed by atoms with van der Waals surface area (Å²) in [5.74, 6) is -3.05. The van der Waals surface area contributed by atoms with E-state index < -0.39 is 28.4 Å². The van der Waals surface area contributed by atoms with Crippen LogP contribution in [-0.4, -0.2) is 21.6 Å². The van der Waals surface area contributed by atoms with Crippen molar-refractivity contribution in [2.75, 3.05) is 6.61 Å². The minimum absolute atomic E-state index is 0.0463. The van der Waals surface area contributed by atoms with E-state index in [1.807, 2.05) is 6.07 Å². The summed E-state index contributed by atoms with van der Waals surface area (Å²) in [4.78, 5) is 10.8. The van der Waals surface area contributed by atoms with Crippen LogP contribution in [0.25, 0.3) is 0 Å². The fraction of sp³-hybridized carbons (Fsp3) is 0.333. The van der Waals surface area contributed by atoms with Crippen molar-refractivity contribution >= 4 is 28.5 Å². The largest absolute Gasteiger partial charge is 0.476 e. The zero-order valence-corrected chi connectivity index (χ0v) is 12.7. The zero-order chi connectivity index (χ0) is 16.0. The fourth-order valence-corrected chi connectivity index (χ4v) is 2.82. The number of hydrogen-bond donors (Lipinski definition) is 2. The van der Waals surface area contributed by atoms with E-state index in [0.29, 0.717) is 4.88 Å².